The number of rotatable bonds is 7. The first-order valence-electron chi connectivity index (χ1n) is 9.18. The minimum absolute atomic E-state index is 0. The Morgan fingerprint density at radius 1 is 1.19 bits per heavy atom. The Balaban J connectivity index is 0.00000243. The van der Waals surface area contributed by atoms with Gasteiger partial charge in [-0.3, -0.25) is 4.90 Å². The highest BCUT2D eigenvalue weighted by Crippen LogP contribution is 2.24. The molecule has 3 rings (SSSR count). The average molecular weight is 350 g/mol. The fourth-order valence-electron chi connectivity index (χ4n) is 2.92. The standard InChI is InChI=1S/C22H27N3.CH4/c1-3-5-11-19(12-6-4-2)22-20(17-24-15-10-16-24)18-25(23-22)21-13-8-7-9-14-21;/h3,5-9,11-14,18H,4,10,15-17H2,1-2H3;1H4/b5-3-,12-6-,19-11+;. The molecule has 1 aromatic carbocycles. The van der Waals surface area contributed by atoms with Gasteiger partial charge in [-0.1, -0.05) is 62.9 Å². The number of para-hydroxylation sites is 1. The van der Waals surface area contributed by atoms with Crippen LogP contribution in [0.15, 0.2) is 66.9 Å². The summed E-state index contributed by atoms with van der Waals surface area (Å²) in [4.78, 5) is 2.48. The SMILES string of the molecule is C.C\C=C/C=C(\C=C/CC)c1nn(-c2ccccc2)cc1CN1CCC1. The first-order chi connectivity index (χ1) is 12.3. The monoisotopic (exact) mass is 349 g/mol. The fourth-order valence-corrected chi connectivity index (χ4v) is 2.92. The van der Waals surface area contributed by atoms with Gasteiger partial charge in [0.25, 0.3) is 0 Å². The van der Waals surface area contributed by atoms with E-state index < -0.39 is 0 Å². The van der Waals surface area contributed by atoms with Gasteiger partial charge in [-0.2, -0.15) is 5.10 Å². The number of nitrogens with zero attached hydrogens (tertiary/aromatic N) is 3. The van der Waals surface area contributed by atoms with Gasteiger partial charge in [0.05, 0.1) is 11.4 Å². The molecule has 1 aromatic heterocycles. The Morgan fingerprint density at radius 2 is 1.96 bits per heavy atom. The first-order valence-corrected chi connectivity index (χ1v) is 9.18. The molecule has 0 amide bonds. The zero-order chi connectivity index (χ0) is 17.5. The van der Waals surface area contributed by atoms with Crippen molar-refractivity contribution in [3.63, 3.8) is 0 Å². The van der Waals surface area contributed by atoms with Gasteiger partial charge in [0, 0.05) is 23.9 Å². The van der Waals surface area contributed by atoms with Gasteiger partial charge < -0.3 is 0 Å². The van der Waals surface area contributed by atoms with E-state index >= 15 is 0 Å². The minimum atomic E-state index is 0. The van der Waals surface area contributed by atoms with Crippen LogP contribution in [0.3, 0.4) is 0 Å². The third-order valence-electron chi connectivity index (χ3n) is 4.43. The lowest BCUT2D eigenvalue weighted by atomic mass is 10.1. The molecule has 26 heavy (non-hydrogen) atoms. The Hall–Kier alpha value is -2.39. The molecule has 0 aliphatic carbocycles. The number of benzene rings is 1. The lowest BCUT2D eigenvalue weighted by Crippen LogP contribution is -2.36. The van der Waals surface area contributed by atoms with Crippen LogP contribution in [0.25, 0.3) is 11.3 Å². The second-order valence-corrected chi connectivity index (χ2v) is 6.37. The van der Waals surface area contributed by atoms with Crippen molar-refractivity contribution in [2.45, 2.75) is 40.7 Å². The normalized spacial score (nSPS) is 15.4. The molecule has 1 fully saturated rings. The van der Waals surface area contributed by atoms with Gasteiger partial charge in [0.2, 0.25) is 0 Å². The van der Waals surface area contributed by atoms with Crippen molar-refractivity contribution >= 4 is 5.57 Å². The van der Waals surface area contributed by atoms with Crippen molar-refractivity contribution in [3.05, 3.63) is 78.2 Å². The zero-order valence-electron chi connectivity index (χ0n) is 15.2. The van der Waals surface area contributed by atoms with Crippen molar-refractivity contribution in [1.82, 2.24) is 14.7 Å². The van der Waals surface area contributed by atoms with E-state index in [9.17, 15) is 0 Å². The number of allylic oxidation sites excluding steroid dienone is 6. The average Bonchev–Trinajstić information content (AvgIpc) is 3.03. The smallest absolute Gasteiger partial charge is 0.0972 e. The molecule has 2 heterocycles. The van der Waals surface area contributed by atoms with E-state index in [0.29, 0.717) is 0 Å². The van der Waals surface area contributed by atoms with Crippen LogP contribution in [0.4, 0.5) is 0 Å². The molecule has 1 saturated heterocycles. The van der Waals surface area contributed by atoms with E-state index in [1.165, 1.54) is 30.6 Å². The van der Waals surface area contributed by atoms with E-state index in [1.807, 2.05) is 17.7 Å². The van der Waals surface area contributed by atoms with Gasteiger partial charge in [-0.05, 0) is 45.0 Å². The highest BCUT2D eigenvalue weighted by molar-refractivity contribution is 5.75. The molecule has 3 heteroatoms. The van der Waals surface area contributed by atoms with E-state index in [4.69, 9.17) is 5.10 Å². The summed E-state index contributed by atoms with van der Waals surface area (Å²) < 4.78 is 2.01. The van der Waals surface area contributed by atoms with Gasteiger partial charge in [-0.25, -0.2) is 4.68 Å². The summed E-state index contributed by atoms with van der Waals surface area (Å²) >= 11 is 0. The third-order valence-corrected chi connectivity index (χ3v) is 4.43. The number of aromatic nitrogens is 2. The number of hydrogen-bond acceptors (Lipinski definition) is 2. The fraction of sp³-hybridized carbons (Fsp3) is 0.348. The predicted molar refractivity (Wildman–Crippen MR) is 112 cm³/mol. The molecule has 3 nitrogen and oxygen atoms in total. The maximum Gasteiger partial charge on any atom is 0.0972 e. The third kappa shape index (κ3) is 4.83. The van der Waals surface area contributed by atoms with Gasteiger partial charge in [-0.15, -0.1) is 0 Å². The molecule has 0 radical (unpaired) electrons. The lowest BCUT2D eigenvalue weighted by molar-refractivity contribution is 0.172. The van der Waals surface area contributed by atoms with Crippen molar-refractivity contribution in [2.24, 2.45) is 0 Å². The van der Waals surface area contributed by atoms with Gasteiger partial charge in [0.15, 0.2) is 0 Å². The summed E-state index contributed by atoms with van der Waals surface area (Å²) in [5.41, 5.74) is 4.65. The molecule has 0 atom stereocenters. The Bertz CT molecular complexity index is 762. The van der Waals surface area contributed by atoms with Crippen LogP contribution in [0.1, 0.15) is 45.4 Å². The molecule has 0 spiro atoms. The van der Waals surface area contributed by atoms with Crippen LogP contribution < -0.4 is 0 Å². The van der Waals surface area contributed by atoms with E-state index in [1.54, 1.807) is 0 Å². The highest BCUT2D eigenvalue weighted by Gasteiger charge is 2.19. The molecule has 1 aliphatic heterocycles. The summed E-state index contributed by atoms with van der Waals surface area (Å²) in [5, 5.41) is 4.93. The zero-order valence-corrected chi connectivity index (χ0v) is 15.2. The second kappa shape index (κ2) is 9.93. The minimum Gasteiger partial charge on any atom is -0.299 e. The van der Waals surface area contributed by atoms with Crippen LogP contribution in [-0.4, -0.2) is 27.8 Å². The molecule has 0 saturated carbocycles. The quantitative estimate of drug-likeness (QED) is 0.603. The van der Waals surface area contributed by atoms with E-state index in [0.717, 1.165) is 24.3 Å². The lowest BCUT2D eigenvalue weighted by Gasteiger charge is -2.30. The molecule has 1 aliphatic rings. The second-order valence-electron chi connectivity index (χ2n) is 6.37. The highest BCUT2D eigenvalue weighted by atomic mass is 15.3. The number of hydrogen-bond donors (Lipinski definition) is 0. The Labute approximate surface area is 158 Å². The van der Waals surface area contributed by atoms with Gasteiger partial charge >= 0.3 is 0 Å². The molecule has 138 valence electrons. The molecule has 0 unspecified atom stereocenters. The van der Waals surface area contributed by atoms with Crippen molar-refractivity contribution in [2.75, 3.05) is 13.1 Å². The summed E-state index contributed by atoms with van der Waals surface area (Å²) in [7, 11) is 0. The van der Waals surface area contributed by atoms with Crippen LogP contribution in [0.5, 0.6) is 0 Å². The molecular formula is C23H31N3. The molecule has 2 aromatic rings. The number of likely N-dealkylation sites (tertiary alicyclic amines) is 1. The maximum absolute atomic E-state index is 4.93. The van der Waals surface area contributed by atoms with Crippen LogP contribution in [0.2, 0.25) is 0 Å². The van der Waals surface area contributed by atoms with Crippen LogP contribution >= 0.6 is 0 Å². The molecule has 0 bridgehead atoms. The summed E-state index contributed by atoms with van der Waals surface area (Å²) in [6.45, 7) is 7.55. The predicted octanol–water partition coefficient (Wildman–Crippen LogP) is 5.64. The van der Waals surface area contributed by atoms with Crippen molar-refractivity contribution < 1.29 is 0 Å². The first kappa shape index (κ1) is 19.9. The van der Waals surface area contributed by atoms with E-state index in [2.05, 4.69) is 72.7 Å². The molecular weight excluding hydrogens is 318 g/mol. The summed E-state index contributed by atoms with van der Waals surface area (Å²) in [5.74, 6) is 0. The van der Waals surface area contributed by atoms with Gasteiger partial charge in [0.1, 0.15) is 0 Å². The van der Waals surface area contributed by atoms with Crippen molar-refractivity contribution in [3.8, 4) is 5.69 Å². The van der Waals surface area contributed by atoms with Crippen LogP contribution in [0, 0.1) is 0 Å². The molecule has 0 N–H and O–H groups in total. The summed E-state index contributed by atoms with van der Waals surface area (Å²) in [6, 6.07) is 10.3. The van der Waals surface area contributed by atoms with Crippen molar-refractivity contribution in [1.29, 1.82) is 0 Å². The summed E-state index contributed by atoms with van der Waals surface area (Å²) in [6.07, 6.45) is 15.2. The Morgan fingerprint density at radius 3 is 2.58 bits per heavy atom. The van der Waals surface area contributed by atoms with E-state index in [-0.39, 0.29) is 7.43 Å². The largest absolute Gasteiger partial charge is 0.299 e. The topological polar surface area (TPSA) is 21.1 Å². The Kier molecular flexibility index (Phi) is 7.61. The van der Waals surface area contributed by atoms with Crippen LogP contribution in [-0.2, 0) is 6.54 Å². The maximum atomic E-state index is 4.93.